The second-order valence-electron chi connectivity index (χ2n) is 7.23. The molecule has 1 N–H and O–H groups in total. The van der Waals surface area contributed by atoms with Gasteiger partial charge in [0, 0.05) is 7.05 Å². The van der Waals surface area contributed by atoms with Crippen LogP contribution in [0.5, 0.6) is 0 Å². The molecular weight excluding hydrogens is 411 g/mol. The highest BCUT2D eigenvalue weighted by atomic mass is 19.4. The Balaban J connectivity index is 2.27. The lowest BCUT2D eigenvalue weighted by Crippen LogP contribution is -2.31. The highest BCUT2D eigenvalue weighted by Crippen LogP contribution is 2.31. The quantitative estimate of drug-likeness (QED) is 0.384. The molecule has 1 aliphatic carbocycles. The molecule has 0 atom stereocenters. The van der Waals surface area contributed by atoms with Crippen LogP contribution in [0.3, 0.4) is 0 Å². The number of halogens is 3. The maximum Gasteiger partial charge on any atom is 0.416 e. The van der Waals surface area contributed by atoms with Gasteiger partial charge in [0.15, 0.2) is 5.71 Å². The van der Waals surface area contributed by atoms with Crippen LogP contribution in [0.25, 0.3) is 0 Å². The third-order valence-corrected chi connectivity index (χ3v) is 5.03. The Hall–Kier alpha value is -3.10. The van der Waals surface area contributed by atoms with Gasteiger partial charge < -0.3 is 15.0 Å². The van der Waals surface area contributed by atoms with Crippen LogP contribution >= 0.6 is 0 Å². The predicted octanol–water partition coefficient (Wildman–Crippen LogP) is 4.62. The summed E-state index contributed by atoms with van der Waals surface area (Å²) < 4.78 is 38.8. The molecule has 168 valence electrons. The Morgan fingerprint density at radius 3 is 2.45 bits per heavy atom. The van der Waals surface area contributed by atoms with Crippen LogP contribution in [0.1, 0.15) is 44.7 Å². The zero-order valence-corrected chi connectivity index (χ0v) is 18.2. The van der Waals surface area contributed by atoms with E-state index in [2.05, 4.69) is 15.6 Å². The number of benzene rings is 1. The molecule has 0 bridgehead atoms. The van der Waals surface area contributed by atoms with E-state index in [1.165, 1.54) is 26.3 Å². The first-order chi connectivity index (χ1) is 14.6. The molecule has 31 heavy (non-hydrogen) atoms. The molecule has 9 heteroatoms. The maximum absolute atomic E-state index is 12.9. The number of allylic oxidation sites excluding steroid dienone is 2. The Morgan fingerprint density at radius 2 is 1.84 bits per heavy atom. The second kappa shape index (κ2) is 10.3. The lowest BCUT2D eigenvalue weighted by atomic mass is 9.85. The minimum absolute atomic E-state index is 0.0655. The van der Waals surface area contributed by atoms with Crippen molar-refractivity contribution in [2.24, 2.45) is 10.3 Å². The number of oxime groups is 2. The highest BCUT2D eigenvalue weighted by Gasteiger charge is 2.30. The van der Waals surface area contributed by atoms with Crippen molar-refractivity contribution in [2.75, 3.05) is 20.8 Å². The molecule has 1 aromatic rings. The highest BCUT2D eigenvalue weighted by molar-refractivity contribution is 6.45. The molecule has 0 fully saturated rings. The summed E-state index contributed by atoms with van der Waals surface area (Å²) >= 11 is 0. The molecule has 0 radical (unpaired) electrons. The van der Waals surface area contributed by atoms with Crippen molar-refractivity contribution in [3.63, 3.8) is 0 Å². The minimum atomic E-state index is -4.43. The van der Waals surface area contributed by atoms with Gasteiger partial charge in [0.05, 0.1) is 11.3 Å². The van der Waals surface area contributed by atoms with Crippen molar-refractivity contribution in [1.29, 1.82) is 0 Å². The van der Waals surface area contributed by atoms with Crippen LogP contribution in [0.15, 0.2) is 56.9 Å². The standard InChI is InChI=1S/C22H26F3N3O3/c1-13-9-17(19(10-14(13)2)20(28-30-5)21(29)26-4)12-31-27-15(3)16-7-6-8-18(11-16)22(23,24)25/h6-8,11H,9-10,12H2,1-5H3,(H,26,29)/b27-15-,28-20-. The number of hydrogen-bond acceptors (Lipinski definition) is 5. The number of amides is 1. The van der Waals surface area contributed by atoms with Gasteiger partial charge in [0.25, 0.3) is 5.91 Å². The molecule has 1 aliphatic rings. The smallest absolute Gasteiger partial charge is 0.398 e. The first-order valence-corrected chi connectivity index (χ1v) is 9.62. The Bertz CT molecular complexity index is 960. The van der Waals surface area contributed by atoms with E-state index in [-0.39, 0.29) is 18.2 Å². The molecule has 6 nitrogen and oxygen atoms in total. The molecule has 0 saturated heterocycles. The Labute approximate surface area is 179 Å². The van der Waals surface area contributed by atoms with Crippen molar-refractivity contribution in [3.05, 3.63) is 57.7 Å². The third-order valence-electron chi connectivity index (χ3n) is 5.03. The molecule has 0 heterocycles. The zero-order valence-electron chi connectivity index (χ0n) is 18.2. The van der Waals surface area contributed by atoms with E-state index in [1.807, 2.05) is 13.8 Å². The summed E-state index contributed by atoms with van der Waals surface area (Å²) in [4.78, 5) is 22.6. The summed E-state index contributed by atoms with van der Waals surface area (Å²) in [6.07, 6.45) is -3.35. The van der Waals surface area contributed by atoms with Crippen molar-refractivity contribution >= 4 is 17.3 Å². The van der Waals surface area contributed by atoms with Gasteiger partial charge in [-0.05, 0) is 62.5 Å². The maximum atomic E-state index is 12.9. The molecule has 0 unspecified atom stereocenters. The lowest BCUT2D eigenvalue weighted by molar-refractivity contribution is -0.137. The van der Waals surface area contributed by atoms with Gasteiger partial charge in [0.1, 0.15) is 13.7 Å². The van der Waals surface area contributed by atoms with E-state index in [0.717, 1.165) is 28.9 Å². The van der Waals surface area contributed by atoms with Gasteiger partial charge in [-0.3, -0.25) is 4.79 Å². The summed E-state index contributed by atoms with van der Waals surface area (Å²) in [7, 11) is 2.86. The first-order valence-electron chi connectivity index (χ1n) is 9.62. The number of rotatable bonds is 7. The monoisotopic (exact) mass is 437 g/mol. The topological polar surface area (TPSA) is 72.3 Å². The SMILES string of the molecule is CNC(=O)/C(=N\OC)C1=C(CO/N=C(/C)c2cccc(C(F)(F)F)c2)CC(C)=C(C)C1. The lowest BCUT2D eigenvalue weighted by Gasteiger charge is -2.22. The summed E-state index contributed by atoms with van der Waals surface area (Å²) in [5.41, 5.74) is 3.80. The summed E-state index contributed by atoms with van der Waals surface area (Å²) in [5, 5.41) is 10.4. The third kappa shape index (κ3) is 6.19. The molecule has 0 spiro atoms. The normalized spacial score (nSPS) is 15.9. The summed E-state index contributed by atoms with van der Waals surface area (Å²) in [5.74, 6) is -0.384. The number of nitrogens with zero attached hydrogens (tertiary/aromatic N) is 2. The molecule has 0 aromatic heterocycles. The van der Waals surface area contributed by atoms with E-state index < -0.39 is 11.7 Å². The summed E-state index contributed by atoms with van der Waals surface area (Å²) in [6.45, 7) is 5.62. The number of carbonyl (C=O) groups excluding carboxylic acids is 1. The molecule has 2 rings (SSSR count). The molecule has 1 amide bonds. The van der Waals surface area contributed by atoms with Crippen molar-refractivity contribution in [2.45, 2.75) is 39.8 Å². The van der Waals surface area contributed by atoms with Crippen LogP contribution in [0, 0.1) is 0 Å². The van der Waals surface area contributed by atoms with E-state index in [1.54, 1.807) is 6.92 Å². The number of carbonyl (C=O) groups is 1. The van der Waals surface area contributed by atoms with Gasteiger partial charge in [-0.2, -0.15) is 13.2 Å². The van der Waals surface area contributed by atoms with Gasteiger partial charge in [-0.25, -0.2) is 0 Å². The molecule has 0 aliphatic heterocycles. The van der Waals surface area contributed by atoms with Crippen molar-refractivity contribution < 1.29 is 27.6 Å². The first kappa shape index (κ1) is 24.2. The van der Waals surface area contributed by atoms with Crippen molar-refractivity contribution in [1.82, 2.24) is 5.32 Å². The van der Waals surface area contributed by atoms with E-state index in [4.69, 9.17) is 9.68 Å². The second-order valence-corrected chi connectivity index (χ2v) is 7.23. The minimum Gasteiger partial charge on any atom is -0.398 e. The fraction of sp³-hybridized carbons (Fsp3) is 0.409. The van der Waals surface area contributed by atoms with Crippen LogP contribution < -0.4 is 5.32 Å². The van der Waals surface area contributed by atoms with Gasteiger partial charge >= 0.3 is 6.18 Å². The van der Waals surface area contributed by atoms with Crippen LogP contribution in [0.2, 0.25) is 0 Å². The number of alkyl halides is 3. The average Bonchev–Trinajstić information content (AvgIpc) is 2.73. The summed E-state index contributed by atoms with van der Waals surface area (Å²) in [6, 6.07) is 4.89. The predicted molar refractivity (Wildman–Crippen MR) is 113 cm³/mol. The van der Waals surface area contributed by atoms with Gasteiger partial charge in [-0.1, -0.05) is 33.6 Å². The van der Waals surface area contributed by atoms with E-state index >= 15 is 0 Å². The van der Waals surface area contributed by atoms with Crippen LogP contribution in [0.4, 0.5) is 13.2 Å². The van der Waals surface area contributed by atoms with E-state index in [9.17, 15) is 18.0 Å². The largest absolute Gasteiger partial charge is 0.416 e. The average molecular weight is 437 g/mol. The molecular formula is C22H26F3N3O3. The van der Waals surface area contributed by atoms with Gasteiger partial charge in [0.2, 0.25) is 0 Å². The van der Waals surface area contributed by atoms with Crippen LogP contribution in [-0.4, -0.2) is 38.1 Å². The number of hydrogen-bond donors (Lipinski definition) is 1. The van der Waals surface area contributed by atoms with E-state index in [0.29, 0.717) is 29.7 Å². The Kier molecular flexibility index (Phi) is 8.01. The number of nitrogens with one attached hydrogen (secondary N) is 1. The molecule has 0 saturated carbocycles. The van der Waals surface area contributed by atoms with Crippen LogP contribution in [-0.2, 0) is 20.6 Å². The fourth-order valence-electron chi connectivity index (χ4n) is 3.13. The Morgan fingerprint density at radius 1 is 1.16 bits per heavy atom. The van der Waals surface area contributed by atoms with Gasteiger partial charge in [-0.15, -0.1) is 0 Å². The zero-order chi connectivity index (χ0) is 23.2. The van der Waals surface area contributed by atoms with Crippen molar-refractivity contribution in [3.8, 4) is 0 Å². The fourth-order valence-corrected chi connectivity index (χ4v) is 3.13. The molecule has 1 aromatic carbocycles.